The number of aryl methyl sites for hydroxylation is 1. The van der Waals surface area contributed by atoms with Gasteiger partial charge in [0.15, 0.2) is 6.17 Å². The fourth-order valence-corrected chi connectivity index (χ4v) is 5.25. The average Bonchev–Trinajstić information content (AvgIpc) is 3.15. The van der Waals surface area contributed by atoms with Crippen molar-refractivity contribution in [2.45, 2.75) is 66.2 Å². The van der Waals surface area contributed by atoms with E-state index in [2.05, 4.69) is 129 Å². The molecule has 0 unspecified atom stereocenters. The van der Waals surface area contributed by atoms with Gasteiger partial charge in [-0.3, -0.25) is 4.57 Å². The number of imidazole rings is 1. The third-order valence-corrected chi connectivity index (χ3v) is 6.82. The number of para-hydroxylation sites is 2. The number of rotatable bonds is 4. The molecule has 30 heavy (non-hydrogen) atoms. The van der Waals surface area contributed by atoms with Crippen LogP contribution in [0.1, 0.15) is 57.6 Å². The minimum absolute atomic E-state index is 0.149. The van der Waals surface area contributed by atoms with Gasteiger partial charge in [-0.1, -0.05) is 36.4 Å². The Morgan fingerprint density at radius 1 is 0.933 bits per heavy atom. The van der Waals surface area contributed by atoms with E-state index in [4.69, 9.17) is 0 Å². The molecule has 0 radical (unpaired) electrons. The maximum atomic E-state index is 2.58. The lowest BCUT2D eigenvalue weighted by molar-refractivity contribution is -0.665. The van der Waals surface area contributed by atoms with Gasteiger partial charge in [0.05, 0.1) is 24.3 Å². The molecular weight excluding hydrogens is 368 g/mol. The lowest BCUT2D eigenvalue weighted by Crippen LogP contribution is -2.51. The number of nitrogens with zero attached hydrogens (tertiary/aromatic N) is 4. The van der Waals surface area contributed by atoms with Crippen LogP contribution in [0.2, 0.25) is 0 Å². The smallest absolute Gasteiger partial charge is 0.262 e. The maximum Gasteiger partial charge on any atom is 0.262 e. The summed E-state index contributed by atoms with van der Waals surface area (Å²) in [5.74, 6) is 2.49. The third kappa shape index (κ3) is 2.92. The Kier molecular flexibility index (Phi) is 4.92. The topological polar surface area (TPSA) is 15.3 Å². The first-order valence-corrected chi connectivity index (χ1v) is 11.0. The van der Waals surface area contributed by atoms with Crippen molar-refractivity contribution in [1.29, 1.82) is 0 Å². The van der Waals surface area contributed by atoms with Crippen LogP contribution in [0.25, 0.3) is 0 Å². The minimum Gasteiger partial charge on any atom is -0.327 e. The van der Waals surface area contributed by atoms with Crippen molar-refractivity contribution < 1.29 is 4.57 Å². The molecule has 3 aromatic rings. The molecule has 2 aromatic carbocycles. The van der Waals surface area contributed by atoms with Gasteiger partial charge in [-0.2, -0.15) is 0 Å². The highest BCUT2D eigenvalue weighted by atomic mass is 15.5. The van der Waals surface area contributed by atoms with Crippen molar-refractivity contribution in [3.8, 4) is 0 Å². The average molecular weight is 404 g/mol. The van der Waals surface area contributed by atoms with Gasteiger partial charge in [-0.15, -0.1) is 0 Å². The van der Waals surface area contributed by atoms with Crippen LogP contribution in [0.15, 0.2) is 54.7 Å². The highest BCUT2D eigenvalue weighted by molar-refractivity contribution is 5.83. The number of hydrogen-bond donors (Lipinski definition) is 0. The summed E-state index contributed by atoms with van der Waals surface area (Å²) >= 11 is 0. The summed E-state index contributed by atoms with van der Waals surface area (Å²) in [6, 6.07) is 18.0. The van der Waals surface area contributed by atoms with Gasteiger partial charge in [0.2, 0.25) is 5.82 Å². The highest BCUT2D eigenvalue weighted by Gasteiger charge is 2.46. The Balaban J connectivity index is 1.88. The SMILES string of the molecule is Cc1ccccc1C(C)(C)N1c2ccccc2N(c2cn(C(C)C)c(C)[n+]2C)[C@H]1C. The van der Waals surface area contributed by atoms with E-state index >= 15 is 0 Å². The summed E-state index contributed by atoms with van der Waals surface area (Å²) in [5.41, 5.74) is 5.10. The second-order valence-corrected chi connectivity index (χ2v) is 9.33. The molecule has 1 aliphatic rings. The van der Waals surface area contributed by atoms with E-state index in [1.54, 1.807) is 0 Å². The predicted octanol–water partition coefficient (Wildman–Crippen LogP) is 5.75. The Morgan fingerprint density at radius 3 is 2.13 bits per heavy atom. The van der Waals surface area contributed by atoms with Gasteiger partial charge in [-0.25, -0.2) is 9.47 Å². The van der Waals surface area contributed by atoms with Gasteiger partial charge in [0, 0.05) is 6.92 Å². The van der Waals surface area contributed by atoms with Crippen molar-refractivity contribution in [3.05, 3.63) is 71.7 Å². The number of aromatic nitrogens is 2. The Morgan fingerprint density at radius 2 is 1.53 bits per heavy atom. The van der Waals surface area contributed by atoms with Crippen LogP contribution in [0.4, 0.5) is 17.2 Å². The van der Waals surface area contributed by atoms with Crippen molar-refractivity contribution >= 4 is 17.2 Å². The molecule has 158 valence electrons. The third-order valence-electron chi connectivity index (χ3n) is 6.82. The second-order valence-electron chi connectivity index (χ2n) is 9.33. The molecule has 1 atom stereocenters. The summed E-state index contributed by atoms with van der Waals surface area (Å²) < 4.78 is 4.68. The number of anilines is 3. The van der Waals surface area contributed by atoms with E-state index in [0.717, 1.165) is 0 Å². The van der Waals surface area contributed by atoms with E-state index in [1.807, 2.05) is 0 Å². The molecule has 4 rings (SSSR count). The molecule has 0 spiro atoms. The van der Waals surface area contributed by atoms with Crippen molar-refractivity contribution in [2.75, 3.05) is 9.80 Å². The van der Waals surface area contributed by atoms with Gasteiger partial charge >= 0.3 is 0 Å². The van der Waals surface area contributed by atoms with Crippen LogP contribution in [-0.2, 0) is 12.6 Å². The maximum absolute atomic E-state index is 2.58. The Labute approximate surface area is 181 Å². The normalized spacial score (nSPS) is 16.5. The summed E-state index contributed by atoms with van der Waals surface area (Å²) in [6.45, 7) is 15.9. The van der Waals surface area contributed by atoms with Gasteiger partial charge in [0.25, 0.3) is 5.82 Å². The van der Waals surface area contributed by atoms with E-state index in [0.29, 0.717) is 6.04 Å². The quantitative estimate of drug-likeness (QED) is 0.515. The lowest BCUT2D eigenvalue weighted by atomic mass is 9.88. The molecule has 0 saturated carbocycles. The zero-order valence-electron chi connectivity index (χ0n) is 19.6. The van der Waals surface area contributed by atoms with Gasteiger partial charge in [-0.05, 0) is 64.8 Å². The molecule has 2 heterocycles. The second kappa shape index (κ2) is 7.19. The van der Waals surface area contributed by atoms with Crippen LogP contribution in [0.3, 0.4) is 0 Å². The fraction of sp³-hybridized carbons (Fsp3) is 0.423. The molecule has 1 aromatic heterocycles. The molecule has 1 aliphatic heterocycles. The standard InChI is InChI=1S/C26H35N4/c1-18(2)28-17-25(27(8)20(28)4)29-21(5)30(24-16-12-11-15-23(24)29)26(6,7)22-14-10-9-13-19(22)3/h9-18,21H,1-8H3/q+1/t21-/m1/s1. The zero-order chi connectivity index (χ0) is 21.8. The molecule has 0 aliphatic carbocycles. The van der Waals surface area contributed by atoms with Crippen LogP contribution in [0, 0.1) is 13.8 Å². The summed E-state index contributed by atoms with van der Waals surface area (Å²) in [6.07, 6.45) is 2.49. The molecule has 0 fully saturated rings. The minimum atomic E-state index is -0.149. The molecular formula is C26H35N4+. The lowest BCUT2D eigenvalue weighted by Gasteiger charge is -2.41. The first kappa shape index (κ1) is 20.5. The molecule has 0 N–H and O–H groups in total. The van der Waals surface area contributed by atoms with E-state index in [-0.39, 0.29) is 11.7 Å². The monoisotopic (exact) mass is 403 g/mol. The predicted molar refractivity (Wildman–Crippen MR) is 125 cm³/mol. The van der Waals surface area contributed by atoms with Crippen LogP contribution in [0.5, 0.6) is 0 Å². The van der Waals surface area contributed by atoms with Crippen LogP contribution in [-0.4, -0.2) is 10.7 Å². The van der Waals surface area contributed by atoms with E-state index in [1.165, 1.54) is 34.1 Å². The van der Waals surface area contributed by atoms with Crippen LogP contribution >= 0.6 is 0 Å². The Hall–Kier alpha value is -2.75. The number of hydrogen-bond acceptors (Lipinski definition) is 2. The largest absolute Gasteiger partial charge is 0.327 e. The van der Waals surface area contributed by atoms with E-state index < -0.39 is 0 Å². The van der Waals surface area contributed by atoms with E-state index in [9.17, 15) is 0 Å². The zero-order valence-corrected chi connectivity index (χ0v) is 19.6. The first-order valence-electron chi connectivity index (χ1n) is 11.0. The molecule has 0 bridgehead atoms. The molecule has 4 heteroatoms. The van der Waals surface area contributed by atoms with Crippen molar-refractivity contribution in [1.82, 2.24) is 4.57 Å². The summed E-state index contributed by atoms with van der Waals surface area (Å²) in [5, 5.41) is 0. The van der Waals surface area contributed by atoms with Crippen molar-refractivity contribution in [3.63, 3.8) is 0 Å². The summed E-state index contributed by atoms with van der Waals surface area (Å²) in [4.78, 5) is 5.06. The van der Waals surface area contributed by atoms with Gasteiger partial charge < -0.3 is 4.90 Å². The number of benzene rings is 2. The van der Waals surface area contributed by atoms with Gasteiger partial charge in [0.1, 0.15) is 11.9 Å². The fourth-order valence-electron chi connectivity index (χ4n) is 5.25. The Bertz CT molecular complexity index is 1080. The van der Waals surface area contributed by atoms with Crippen molar-refractivity contribution in [2.24, 2.45) is 7.05 Å². The number of fused-ring (bicyclic) bond motifs is 1. The molecule has 0 saturated heterocycles. The first-order chi connectivity index (χ1) is 14.2. The molecule has 4 nitrogen and oxygen atoms in total. The van der Waals surface area contributed by atoms with Crippen LogP contribution < -0.4 is 14.4 Å². The highest BCUT2D eigenvalue weighted by Crippen LogP contribution is 2.49. The molecule has 0 amide bonds. The summed E-state index contributed by atoms with van der Waals surface area (Å²) in [7, 11) is 2.17.